The van der Waals surface area contributed by atoms with E-state index in [0.29, 0.717) is 32.8 Å². The van der Waals surface area contributed by atoms with Gasteiger partial charge in [0.05, 0.1) is 5.39 Å². The van der Waals surface area contributed by atoms with Crippen LogP contribution >= 0.6 is 11.6 Å². The average molecular weight is 290 g/mol. The normalized spacial score (nSPS) is 11.2. The summed E-state index contributed by atoms with van der Waals surface area (Å²) >= 11 is 5.97. The number of phenolic OH excluding ortho intramolecular Hbond substituents is 2. The van der Waals surface area contributed by atoms with Gasteiger partial charge in [-0.05, 0) is 31.5 Å². The Labute approximate surface area is 120 Å². The van der Waals surface area contributed by atoms with Gasteiger partial charge >= 0.3 is 0 Å². The van der Waals surface area contributed by atoms with Gasteiger partial charge in [0, 0.05) is 16.1 Å². The van der Waals surface area contributed by atoms with Crippen LogP contribution in [-0.2, 0) is 0 Å². The molecule has 1 heterocycles. The van der Waals surface area contributed by atoms with E-state index >= 15 is 0 Å². The maximum Gasteiger partial charge on any atom is 0.213 e. The van der Waals surface area contributed by atoms with Gasteiger partial charge in [0.25, 0.3) is 0 Å². The third-order valence-corrected chi connectivity index (χ3v) is 3.75. The molecule has 2 aromatic carbocycles. The molecule has 0 amide bonds. The van der Waals surface area contributed by atoms with Gasteiger partial charge in [-0.2, -0.15) is 0 Å². The SMILES string of the molecule is Cc1c(C)c(O)c2c(-c3cccc(Cl)c3)noc2c1O. The first-order valence-electron chi connectivity index (χ1n) is 6.07. The summed E-state index contributed by atoms with van der Waals surface area (Å²) in [5, 5.41) is 25.3. The second-order valence-electron chi connectivity index (χ2n) is 4.69. The molecule has 3 aromatic rings. The number of aromatic nitrogens is 1. The Balaban J connectivity index is 2.40. The summed E-state index contributed by atoms with van der Waals surface area (Å²) in [5.41, 5.74) is 2.53. The molecule has 0 radical (unpaired) electrons. The predicted molar refractivity (Wildman–Crippen MR) is 77.3 cm³/mol. The van der Waals surface area contributed by atoms with Crippen molar-refractivity contribution in [3.8, 4) is 22.8 Å². The minimum atomic E-state index is -0.00363. The number of hydrogen-bond donors (Lipinski definition) is 2. The molecule has 0 saturated carbocycles. The summed E-state index contributed by atoms with van der Waals surface area (Å²) in [6.45, 7) is 3.45. The predicted octanol–water partition coefficient (Wildman–Crippen LogP) is 4.18. The van der Waals surface area contributed by atoms with Gasteiger partial charge in [0.15, 0.2) is 5.75 Å². The van der Waals surface area contributed by atoms with E-state index in [1.165, 1.54) is 0 Å². The zero-order valence-electron chi connectivity index (χ0n) is 10.9. The summed E-state index contributed by atoms with van der Waals surface area (Å²) in [4.78, 5) is 0. The summed E-state index contributed by atoms with van der Waals surface area (Å²) in [5.74, 6) is 0.0580. The van der Waals surface area contributed by atoms with E-state index in [-0.39, 0.29) is 17.1 Å². The van der Waals surface area contributed by atoms with Crippen LogP contribution in [0.15, 0.2) is 28.8 Å². The molecule has 0 bridgehead atoms. The van der Waals surface area contributed by atoms with Crippen molar-refractivity contribution in [3.05, 3.63) is 40.4 Å². The number of halogens is 1. The van der Waals surface area contributed by atoms with Crippen molar-refractivity contribution in [1.82, 2.24) is 5.16 Å². The fraction of sp³-hybridized carbons (Fsp3) is 0.133. The molecule has 0 aliphatic rings. The first-order valence-corrected chi connectivity index (χ1v) is 6.45. The Hall–Kier alpha value is -2.20. The zero-order chi connectivity index (χ0) is 14.4. The smallest absolute Gasteiger partial charge is 0.213 e. The van der Waals surface area contributed by atoms with Crippen LogP contribution in [0.25, 0.3) is 22.2 Å². The Bertz CT molecular complexity index is 824. The lowest BCUT2D eigenvalue weighted by Gasteiger charge is -2.07. The molecule has 5 heteroatoms. The van der Waals surface area contributed by atoms with Crippen molar-refractivity contribution in [2.45, 2.75) is 13.8 Å². The Morgan fingerprint density at radius 1 is 1.10 bits per heavy atom. The quantitative estimate of drug-likeness (QED) is 0.660. The summed E-state index contributed by atoms with van der Waals surface area (Å²) in [7, 11) is 0. The van der Waals surface area contributed by atoms with E-state index in [0.717, 1.165) is 0 Å². The lowest BCUT2D eigenvalue weighted by atomic mass is 10.0. The third-order valence-electron chi connectivity index (χ3n) is 3.51. The fourth-order valence-corrected chi connectivity index (χ4v) is 2.41. The van der Waals surface area contributed by atoms with E-state index in [4.69, 9.17) is 16.1 Å². The first kappa shape index (κ1) is 12.8. The van der Waals surface area contributed by atoms with Crippen LogP contribution in [0.2, 0.25) is 5.02 Å². The topological polar surface area (TPSA) is 66.5 Å². The first-order chi connectivity index (χ1) is 9.50. The molecule has 0 unspecified atom stereocenters. The fourth-order valence-electron chi connectivity index (χ4n) is 2.22. The zero-order valence-corrected chi connectivity index (χ0v) is 11.7. The van der Waals surface area contributed by atoms with Crippen LogP contribution in [0.1, 0.15) is 11.1 Å². The number of phenols is 2. The van der Waals surface area contributed by atoms with Gasteiger partial charge in [-0.3, -0.25) is 0 Å². The summed E-state index contributed by atoms with van der Waals surface area (Å²) in [6, 6.07) is 7.08. The van der Waals surface area contributed by atoms with Gasteiger partial charge in [0.2, 0.25) is 5.58 Å². The molecule has 4 nitrogen and oxygen atoms in total. The van der Waals surface area contributed by atoms with Crippen LogP contribution in [-0.4, -0.2) is 15.4 Å². The van der Waals surface area contributed by atoms with Crippen molar-refractivity contribution in [3.63, 3.8) is 0 Å². The van der Waals surface area contributed by atoms with Gasteiger partial charge in [-0.15, -0.1) is 0 Å². The molecular formula is C15H12ClNO3. The Kier molecular flexibility index (Phi) is 2.83. The highest BCUT2D eigenvalue weighted by Gasteiger charge is 2.22. The van der Waals surface area contributed by atoms with Crippen molar-refractivity contribution in [1.29, 1.82) is 0 Å². The number of benzene rings is 2. The number of hydrogen-bond acceptors (Lipinski definition) is 4. The minimum Gasteiger partial charge on any atom is -0.507 e. The molecule has 20 heavy (non-hydrogen) atoms. The standard InChI is InChI=1S/C15H12ClNO3/c1-7-8(2)14(19)15-11(13(7)18)12(17-20-15)9-4-3-5-10(16)6-9/h3-6,18-19H,1-2H3. The maximum atomic E-state index is 10.3. The van der Waals surface area contributed by atoms with Crippen LogP contribution in [0, 0.1) is 13.8 Å². The van der Waals surface area contributed by atoms with Crippen molar-refractivity contribution >= 4 is 22.6 Å². The van der Waals surface area contributed by atoms with Crippen LogP contribution in [0.3, 0.4) is 0 Å². The molecule has 0 spiro atoms. The molecule has 0 aliphatic heterocycles. The summed E-state index contributed by atoms with van der Waals surface area (Å²) in [6.07, 6.45) is 0. The number of nitrogens with zero attached hydrogens (tertiary/aromatic N) is 1. The molecule has 0 aliphatic carbocycles. The number of aromatic hydroxyl groups is 2. The Morgan fingerprint density at radius 2 is 1.80 bits per heavy atom. The molecule has 102 valence electrons. The summed E-state index contributed by atoms with van der Waals surface area (Å²) < 4.78 is 5.19. The molecule has 3 rings (SSSR count). The molecule has 0 saturated heterocycles. The monoisotopic (exact) mass is 289 g/mol. The lowest BCUT2D eigenvalue weighted by molar-refractivity contribution is 0.419. The minimum absolute atomic E-state index is 0.00363. The largest absolute Gasteiger partial charge is 0.507 e. The van der Waals surface area contributed by atoms with Gasteiger partial charge in [-0.1, -0.05) is 28.9 Å². The van der Waals surface area contributed by atoms with Crippen molar-refractivity contribution < 1.29 is 14.7 Å². The van der Waals surface area contributed by atoms with Crippen molar-refractivity contribution in [2.75, 3.05) is 0 Å². The van der Waals surface area contributed by atoms with Gasteiger partial charge < -0.3 is 14.7 Å². The van der Waals surface area contributed by atoms with E-state index in [2.05, 4.69) is 5.16 Å². The number of rotatable bonds is 1. The van der Waals surface area contributed by atoms with E-state index in [1.807, 2.05) is 6.07 Å². The highest BCUT2D eigenvalue weighted by atomic mass is 35.5. The van der Waals surface area contributed by atoms with Crippen LogP contribution < -0.4 is 0 Å². The van der Waals surface area contributed by atoms with Crippen molar-refractivity contribution in [2.24, 2.45) is 0 Å². The molecule has 0 atom stereocenters. The Morgan fingerprint density at radius 3 is 2.50 bits per heavy atom. The average Bonchev–Trinajstić information content (AvgIpc) is 2.87. The molecular weight excluding hydrogens is 278 g/mol. The van der Waals surface area contributed by atoms with E-state index < -0.39 is 0 Å². The number of fused-ring (bicyclic) bond motifs is 1. The van der Waals surface area contributed by atoms with E-state index in [9.17, 15) is 10.2 Å². The van der Waals surface area contributed by atoms with Gasteiger partial charge in [0.1, 0.15) is 11.4 Å². The van der Waals surface area contributed by atoms with Crippen LogP contribution in [0.5, 0.6) is 11.5 Å². The second kappa shape index (κ2) is 4.42. The van der Waals surface area contributed by atoms with E-state index in [1.54, 1.807) is 32.0 Å². The maximum absolute atomic E-state index is 10.3. The molecule has 0 fully saturated rings. The highest BCUT2D eigenvalue weighted by molar-refractivity contribution is 6.30. The molecule has 1 aromatic heterocycles. The third kappa shape index (κ3) is 1.72. The second-order valence-corrected chi connectivity index (χ2v) is 5.13. The highest BCUT2D eigenvalue weighted by Crippen LogP contribution is 2.43. The van der Waals surface area contributed by atoms with Gasteiger partial charge in [-0.25, -0.2) is 0 Å². The lowest BCUT2D eigenvalue weighted by Crippen LogP contribution is -1.86. The van der Waals surface area contributed by atoms with Crippen LogP contribution in [0.4, 0.5) is 0 Å². The molecule has 2 N–H and O–H groups in total.